The minimum atomic E-state index is -0.887. The van der Waals surface area contributed by atoms with Gasteiger partial charge in [-0.2, -0.15) is 5.10 Å². The highest BCUT2D eigenvalue weighted by molar-refractivity contribution is 7.11. The summed E-state index contributed by atoms with van der Waals surface area (Å²) >= 11 is 1.29. The fraction of sp³-hybridized carbons (Fsp3) is 0.200. The molecule has 0 unspecified atom stereocenters. The molecule has 1 aliphatic rings. The van der Waals surface area contributed by atoms with Crippen molar-refractivity contribution in [3.8, 4) is 5.69 Å². The maximum atomic E-state index is 14.1. The number of carbonyl (C=O) groups excluding carboxylic acids is 2. The second kappa shape index (κ2) is 9.43. The van der Waals surface area contributed by atoms with Gasteiger partial charge in [0, 0.05) is 11.1 Å². The Hall–Kier alpha value is -4.37. The lowest BCUT2D eigenvalue weighted by molar-refractivity contribution is -0.124. The number of hydrogen-bond donors (Lipinski definition) is 1. The molecule has 0 radical (unpaired) electrons. The van der Waals surface area contributed by atoms with Crippen molar-refractivity contribution in [2.24, 2.45) is 5.41 Å². The first-order valence-electron chi connectivity index (χ1n) is 12.6. The Balaban J connectivity index is 1.43. The number of hydrogen-bond acceptors (Lipinski definition) is 5. The maximum Gasteiger partial charge on any atom is 0.263 e. The van der Waals surface area contributed by atoms with E-state index in [1.807, 2.05) is 62.4 Å². The number of anilines is 1. The van der Waals surface area contributed by atoms with Crippen LogP contribution in [0, 0.1) is 18.2 Å². The first-order valence-corrected chi connectivity index (χ1v) is 13.5. The van der Waals surface area contributed by atoms with Gasteiger partial charge in [0.2, 0.25) is 5.91 Å². The molecular formula is C30H26FN5O2S. The molecule has 1 fully saturated rings. The molecule has 9 heteroatoms. The van der Waals surface area contributed by atoms with E-state index in [4.69, 9.17) is 0 Å². The molecule has 0 spiro atoms. The van der Waals surface area contributed by atoms with Crippen LogP contribution in [0.5, 0.6) is 0 Å². The summed E-state index contributed by atoms with van der Waals surface area (Å²) in [6, 6.07) is 20.7. The van der Waals surface area contributed by atoms with Crippen molar-refractivity contribution in [2.45, 2.75) is 32.9 Å². The third-order valence-corrected chi connectivity index (χ3v) is 8.35. The summed E-state index contributed by atoms with van der Waals surface area (Å²) in [6.45, 7) is 5.56. The van der Waals surface area contributed by atoms with E-state index in [-0.39, 0.29) is 17.6 Å². The van der Waals surface area contributed by atoms with Gasteiger partial charge >= 0.3 is 0 Å². The largest absolute Gasteiger partial charge is 0.345 e. The van der Waals surface area contributed by atoms with Crippen LogP contribution in [-0.2, 0) is 4.79 Å². The van der Waals surface area contributed by atoms with E-state index >= 15 is 0 Å². The summed E-state index contributed by atoms with van der Waals surface area (Å²) in [7, 11) is 0. The van der Waals surface area contributed by atoms with Crippen molar-refractivity contribution >= 4 is 39.7 Å². The number of aromatic nitrogens is 3. The molecule has 3 heterocycles. The second-order valence-corrected chi connectivity index (χ2v) is 11.1. The predicted molar refractivity (Wildman–Crippen MR) is 150 cm³/mol. The zero-order chi connectivity index (χ0) is 27.3. The van der Waals surface area contributed by atoms with E-state index < -0.39 is 17.5 Å². The molecule has 5 aromatic rings. The molecule has 0 saturated carbocycles. The lowest BCUT2D eigenvalue weighted by atomic mass is 9.82. The third-order valence-electron chi connectivity index (χ3n) is 7.42. The minimum absolute atomic E-state index is 0.0899. The second-order valence-electron chi connectivity index (χ2n) is 10.2. The van der Waals surface area contributed by atoms with E-state index in [0.29, 0.717) is 16.3 Å². The molecule has 0 aliphatic carbocycles. The Morgan fingerprint density at radius 1 is 1.03 bits per heavy atom. The van der Waals surface area contributed by atoms with Crippen LogP contribution >= 0.6 is 11.3 Å². The van der Waals surface area contributed by atoms with Gasteiger partial charge in [-0.15, -0.1) is 11.3 Å². The Labute approximate surface area is 228 Å². The van der Waals surface area contributed by atoms with Crippen LogP contribution < -0.4 is 10.2 Å². The molecule has 1 aliphatic heterocycles. The van der Waals surface area contributed by atoms with Crippen LogP contribution in [-0.4, -0.2) is 32.6 Å². The normalized spacial score (nSPS) is 18.6. The highest BCUT2D eigenvalue weighted by Crippen LogP contribution is 2.47. The van der Waals surface area contributed by atoms with Crippen molar-refractivity contribution in [3.05, 3.63) is 106 Å². The van der Waals surface area contributed by atoms with Gasteiger partial charge in [0.25, 0.3) is 5.91 Å². The van der Waals surface area contributed by atoms with Gasteiger partial charge in [-0.1, -0.05) is 30.3 Å². The van der Waals surface area contributed by atoms with Crippen molar-refractivity contribution in [1.29, 1.82) is 0 Å². The van der Waals surface area contributed by atoms with E-state index in [2.05, 4.69) is 15.4 Å². The minimum Gasteiger partial charge on any atom is -0.345 e. The number of fused-ring (bicyclic) bond motifs is 1. The molecule has 2 amide bonds. The van der Waals surface area contributed by atoms with Crippen molar-refractivity contribution in [3.63, 3.8) is 0 Å². The molecular weight excluding hydrogens is 513 g/mol. The number of rotatable bonds is 5. The fourth-order valence-electron chi connectivity index (χ4n) is 5.33. The van der Waals surface area contributed by atoms with Gasteiger partial charge in [0.05, 0.1) is 46.1 Å². The molecule has 196 valence electrons. The quantitative estimate of drug-likeness (QED) is 0.304. The van der Waals surface area contributed by atoms with E-state index in [1.54, 1.807) is 40.3 Å². The fourth-order valence-corrected chi connectivity index (χ4v) is 6.03. The first kappa shape index (κ1) is 24.9. The number of nitrogens with zero attached hydrogens (tertiary/aromatic N) is 4. The topological polar surface area (TPSA) is 80.1 Å². The third kappa shape index (κ3) is 4.19. The van der Waals surface area contributed by atoms with Crippen LogP contribution in [0.4, 0.5) is 10.1 Å². The molecule has 0 bridgehead atoms. The average molecular weight is 540 g/mol. The van der Waals surface area contributed by atoms with Crippen molar-refractivity contribution in [2.75, 3.05) is 4.90 Å². The van der Waals surface area contributed by atoms with Gasteiger partial charge in [0.1, 0.15) is 10.7 Å². The summed E-state index contributed by atoms with van der Waals surface area (Å²) in [5.41, 5.74) is 4.62. The lowest BCUT2D eigenvalue weighted by Crippen LogP contribution is -2.46. The molecule has 2 atom stereocenters. The molecule has 1 saturated heterocycles. The molecule has 3 aromatic carbocycles. The molecule has 2 aromatic heterocycles. The zero-order valence-corrected chi connectivity index (χ0v) is 22.4. The monoisotopic (exact) mass is 539 g/mol. The highest BCUT2D eigenvalue weighted by atomic mass is 32.1. The summed E-state index contributed by atoms with van der Waals surface area (Å²) < 4.78 is 15.2. The smallest absolute Gasteiger partial charge is 0.263 e. The van der Waals surface area contributed by atoms with Gasteiger partial charge in [0.15, 0.2) is 0 Å². The molecule has 7 nitrogen and oxygen atoms in total. The first-order chi connectivity index (χ1) is 18.8. The summed E-state index contributed by atoms with van der Waals surface area (Å²) in [4.78, 5) is 33.9. The van der Waals surface area contributed by atoms with Crippen molar-refractivity contribution < 1.29 is 14.0 Å². The zero-order valence-electron chi connectivity index (χ0n) is 21.6. The number of carbonyl (C=O) groups is 2. The van der Waals surface area contributed by atoms with Crippen LogP contribution in [0.1, 0.15) is 40.8 Å². The standard InChI is InChI=1S/C30H26FN5O2S/c1-18-26(39-17-32-18)28(37)34-27-25(19-7-5-4-6-8-19)35(29(38)30(27,2)3)23-13-14-24-20(15-23)16-33-36(24)22-11-9-21(31)10-12-22/h4-17,25,27H,1-3H3,(H,34,37)/t25-,27-/m1/s1. The Morgan fingerprint density at radius 2 is 1.74 bits per heavy atom. The number of thiazole rings is 1. The van der Waals surface area contributed by atoms with Gasteiger partial charge < -0.3 is 10.2 Å². The molecule has 39 heavy (non-hydrogen) atoms. The van der Waals surface area contributed by atoms with Crippen molar-refractivity contribution in [1.82, 2.24) is 20.1 Å². The van der Waals surface area contributed by atoms with E-state index in [0.717, 1.165) is 22.2 Å². The van der Waals surface area contributed by atoms with Crippen LogP contribution in [0.3, 0.4) is 0 Å². The van der Waals surface area contributed by atoms with E-state index in [1.165, 1.54) is 23.5 Å². The Kier molecular flexibility index (Phi) is 6.03. The Morgan fingerprint density at radius 3 is 2.44 bits per heavy atom. The van der Waals surface area contributed by atoms with Gasteiger partial charge in [-0.25, -0.2) is 14.1 Å². The summed E-state index contributed by atoms with van der Waals surface area (Å²) in [5.74, 6) is -0.639. The van der Waals surface area contributed by atoms with Crippen LogP contribution in [0.15, 0.2) is 84.5 Å². The summed E-state index contributed by atoms with van der Waals surface area (Å²) in [5, 5.41) is 8.52. The van der Waals surface area contributed by atoms with Crippen LogP contribution in [0.2, 0.25) is 0 Å². The number of halogens is 1. The Bertz CT molecular complexity index is 1690. The molecule has 1 N–H and O–H groups in total. The number of amides is 2. The number of aryl methyl sites for hydroxylation is 1. The molecule has 6 rings (SSSR count). The van der Waals surface area contributed by atoms with E-state index in [9.17, 15) is 14.0 Å². The number of benzene rings is 3. The predicted octanol–water partition coefficient (Wildman–Crippen LogP) is 5.84. The van der Waals surface area contributed by atoms with Gasteiger partial charge in [-0.05, 0) is 68.8 Å². The lowest BCUT2D eigenvalue weighted by Gasteiger charge is -2.30. The number of nitrogens with one attached hydrogen (secondary N) is 1. The summed E-state index contributed by atoms with van der Waals surface area (Å²) in [6.07, 6.45) is 1.73. The SMILES string of the molecule is Cc1ncsc1C(=O)N[C@@H]1[C@@H](c2ccccc2)N(c2ccc3c(cnn3-c3ccc(F)cc3)c2)C(=O)C1(C)C. The van der Waals surface area contributed by atoms with Crippen LogP contribution in [0.25, 0.3) is 16.6 Å². The maximum absolute atomic E-state index is 14.1. The van der Waals surface area contributed by atoms with Gasteiger partial charge in [-0.3, -0.25) is 9.59 Å². The highest BCUT2D eigenvalue weighted by Gasteiger charge is 2.55. The average Bonchev–Trinajstić information content (AvgIpc) is 3.61.